The molecule has 0 amide bonds. The van der Waals surface area contributed by atoms with Crippen molar-refractivity contribution in [1.29, 1.82) is 0 Å². The monoisotopic (exact) mass is 264 g/mol. The van der Waals surface area contributed by atoms with Gasteiger partial charge in [-0.15, -0.1) is 0 Å². The standard InChI is InChI=1S/C15H24N2O2/c1-10(2)17-12-7-14(8-12)19-15-6-5-13(9-16-15)18-11(3)4/h5-6,9-12,14,17H,7-8H2,1-4H3. The molecule has 4 heteroatoms. The molecule has 1 heterocycles. The summed E-state index contributed by atoms with van der Waals surface area (Å²) in [7, 11) is 0. The minimum absolute atomic E-state index is 0.170. The van der Waals surface area contributed by atoms with Crippen LogP contribution in [0.5, 0.6) is 11.6 Å². The Kier molecular flexibility index (Phi) is 4.64. The van der Waals surface area contributed by atoms with E-state index in [1.807, 2.05) is 26.0 Å². The van der Waals surface area contributed by atoms with E-state index in [2.05, 4.69) is 24.1 Å². The lowest BCUT2D eigenvalue weighted by Crippen LogP contribution is -2.49. The molecule has 0 aliphatic heterocycles. The maximum absolute atomic E-state index is 5.82. The number of hydrogen-bond acceptors (Lipinski definition) is 4. The second-order valence-electron chi connectivity index (χ2n) is 5.73. The van der Waals surface area contributed by atoms with Crippen molar-refractivity contribution >= 4 is 0 Å². The second-order valence-corrected chi connectivity index (χ2v) is 5.73. The molecule has 0 spiro atoms. The van der Waals surface area contributed by atoms with Crippen LogP contribution in [0.4, 0.5) is 0 Å². The van der Waals surface area contributed by atoms with E-state index in [1.54, 1.807) is 6.20 Å². The summed E-state index contributed by atoms with van der Waals surface area (Å²) >= 11 is 0. The molecule has 4 nitrogen and oxygen atoms in total. The van der Waals surface area contributed by atoms with Gasteiger partial charge < -0.3 is 14.8 Å². The predicted molar refractivity (Wildman–Crippen MR) is 75.7 cm³/mol. The summed E-state index contributed by atoms with van der Waals surface area (Å²) in [6.45, 7) is 8.34. The first-order valence-corrected chi connectivity index (χ1v) is 7.08. The highest BCUT2D eigenvalue weighted by Gasteiger charge is 2.31. The zero-order valence-electron chi connectivity index (χ0n) is 12.2. The lowest BCUT2D eigenvalue weighted by atomic mass is 9.89. The van der Waals surface area contributed by atoms with Crippen molar-refractivity contribution in [2.24, 2.45) is 0 Å². The zero-order valence-corrected chi connectivity index (χ0v) is 12.2. The molecule has 1 aliphatic rings. The van der Waals surface area contributed by atoms with Gasteiger partial charge in [0.2, 0.25) is 5.88 Å². The van der Waals surface area contributed by atoms with Crippen LogP contribution in [0.3, 0.4) is 0 Å². The molecule has 1 fully saturated rings. The molecule has 106 valence electrons. The highest BCUT2D eigenvalue weighted by Crippen LogP contribution is 2.26. The summed E-state index contributed by atoms with van der Waals surface area (Å²) in [5, 5.41) is 3.51. The van der Waals surface area contributed by atoms with Gasteiger partial charge in [-0.1, -0.05) is 13.8 Å². The van der Waals surface area contributed by atoms with Crippen molar-refractivity contribution in [1.82, 2.24) is 10.3 Å². The molecular weight excluding hydrogens is 240 g/mol. The van der Waals surface area contributed by atoms with Crippen molar-refractivity contribution in [3.05, 3.63) is 18.3 Å². The van der Waals surface area contributed by atoms with Crippen LogP contribution >= 0.6 is 0 Å². The Balaban J connectivity index is 1.75. The third-order valence-corrected chi connectivity index (χ3v) is 3.03. The van der Waals surface area contributed by atoms with Gasteiger partial charge >= 0.3 is 0 Å². The van der Waals surface area contributed by atoms with Crippen LogP contribution in [0.2, 0.25) is 0 Å². The number of hydrogen-bond donors (Lipinski definition) is 1. The summed E-state index contributed by atoms with van der Waals surface area (Å²) in [4.78, 5) is 4.27. The van der Waals surface area contributed by atoms with Gasteiger partial charge in [-0.3, -0.25) is 0 Å². The highest BCUT2D eigenvalue weighted by molar-refractivity contribution is 5.23. The predicted octanol–water partition coefficient (Wildman–Crippen LogP) is 2.78. The van der Waals surface area contributed by atoms with Crippen LogP contribution in [0.15, 0.2) is 18.3 Å². The topological polar surface area (TPSA) is 43.4 Å². The number of ether oxygens (including phenoxy) is 2. The molecule has 0 radical (unpaired) electrons. The average Bonchev–Trinajstić information content (AvgIpc) is 2.27. The summed E-state index contributed by atoms with van der Waals surface area (Å²) < 4.78 is 11.4. The van der Waals surface area contributed by atoms with Crippen molar-refractivity contribution in [2.45, 2.75) is 64.8 Å². The number of rotatable bonds is 6. The maximum atomic E-state index is 5.82. The van der Waals surface area contributed by atoms with Crippen LogP contribution in [0.25, 0.3) is 0 Å². The SMILES string of the molecule is CC(C)NC1CC(Oc2ccc(OC(C)C)cn2)C1. The first-order chi connectivity index (χ1) is 9.02. The fourth-order valence-corrected chi connectivity index (χ4v) is 2.22. The number of aromatic nitrogens is 1. The Morgan fingerprint density at radius 3 is 2.47 bits per heavy atom. The van der Waals surface area contributed by atoms with E-state index in [0.29, 0.717) is 24.1 Å². The fraction of sp³-hybridized carbons (Fsp3) is 0.667. The first-order valence-electron chi connectivity index (χ1n) is 7.08. The molecule has 1 saturated carbocycles. The van der Waals surface area contributed by atoms with Crippen molar-refractivity contribution in [3.63, 3.8) is 0 Å². The van der Waals surface area contributed by atoms with Crippen molar-refractivity contribution < 1.29 is 9.47 Å². The van der Waals surface area contributed by atoms with Gasteiger partial charge in [0.1, 0.15) is 11.9 Å². The van der Waals surface area contributed by atoms with Crippen molar-refractivity contribution in [3.8, 4) is 11.6 Å². The Morgan fingerprint density at radius 1 is 1.21 bits per heavy atom. The van der Waals surface area contributed by atoms with Crippen LogP contribution in [-0.2, 0) is 0 Å². The molecule has 0 bridgehead atoms. The second kappa shape index (κ2) is 6.24. The van der Waals surface area contributed by atoms with E-state index < -0.39 is 0 Å². The fourth-order valence-electron chi connectivity index (χ4n) is 2.22. The molecule has 1 aromatic rings. The summed E-state index contributed by atoms with van der Waals surface area (Å²) in [6.07, 6.45) is 4.30. The molecule has 0 atom stereocenters. The molecule has 0 unspecified atom stereocenters. The van der Waals surface area contributed by atoms with Crippen LogP contribution in [0.1, 0.15) is 40.5 Å². The van der Waals surface area contributed by atoms with E-state index in [9.17, 15) is 0 Å². The summed E-state index contributed by atoms with van der Waals surface area (Å²) in [5.41, 5.74) is 0. The summed E-state index contributed by atoms with van der Waals surface area (Å²) in [6, 6.07) is 4.91. The van der Waals surface area contributed by atoms with E-state index >= 15 is 0 Å². The number of pyridine rings is 1. The number of nitrogens with zero attached hydrogens (tertiary/aromatic N) is 1. The molecule has 19 heavy (non-hydrogen) atoms. The molecule has 0 aromatic carbocycles. The van der Waals surface area contributed by atoms with Crippen LogP contribution in [0, 0.1) is 0 Å². The van der Waals surface area contributed by atoms with Crippen LogP contribution < -0.4 is 14.8 Å². The zero-order chi connectivity index (χ0) is 13.8. The van der Waals surface area contributed by atoms with E-state index in [0.717, 1.165) is 18.6 Å². The normalized spacial score (nSPS) is 22.4. The molecule has 0 saturated heterocycles. The van der Waals surface area contributed by atoms with Gasteiger partial charge in [-0.25, -0.2) is 4.98 Å². The summed E-state index contributed by atoms with van der Waals surface area (Å²) in [5.74, 6) is 1.47. The van der Waals surface area contributed by atoms with Gasteiger partial charge in [-0.2, -0.15) is 0 Å². The Labute approximate surface area is 115 Å². The minimum Gasteiger partial charge on any atom is -0.489 e. The quantitative estimate of drug-likeness (QED) is 0.858. The molecule has 1 N–H and O–H groups in total. The third kappa shape index (κ3) is 4.39. The molecule has 1 aliphatic carbocycles. The average molecular weight is 264 g/mol. The lowest BCUT2D eigenvalue weighted by molar-refractivity contribution is 0.0770. The highest BCUT2D eigenvalue weighted by atomic mass is 16.5. The Bertz CT molecular complexity index is 384. The van der Waals surface area contributed by atoms with E-state index in [1.165, 1.54) is 0 Å². The minimum atomic E-state index is 0.170. The first kappa shape index (κ1) is 14.1. The third-order valence-electron chi connectivity index (χ3n) is 3.03. The lowest BCUT2D eigenvalue weighted by Gasteiger charge is -2.36. The number of nitrogens with one attached hydrogen (secondary N) is 1. The van der Waals surface area contributed by atoms with E-state index in [-0.39, 0.29) is 6.10 Å². The Morgan fingerprint density at radius 2 is 1.95 bits per heavy atom. The maximum Gasteiger partial charge on any atom is 0.213 e. The van der Waals surface area contributed by atoms with Crippen LogP contribution in [-0.4, -0.2) is 29.3 Å². The Hall–Kier alpha value is -1.29. The molecule has 1 aromatic heterocycles. The molecular formula is C15H24N2O2. The van der Waals surface area contributed by atoms with Gasteiger partial charge in [0.25, 0.3) is 0 Å². The van der Waals surface area contributed by atoms with E-state index in [4.69, 9.17) is 9.47 Å². The van der Waals surface area contributed by atoms with Gasteiger partial charge in [-0.05, 0) is 32.8 Å². The van der Waals surface area contributed by atoms with Crippen molar-refractivity contribution in [2.75, 3.05) is 0 Å². The van der Waals surface area contributed by atoms with Gasteiger partial charge in [0.05, 0.1) is 12.3 Å². The van der Waals surface area contributed by atoms with Gasteiger partial charge in [0, 0.05) is 18.2 Å². The smallest absolute Gasteiger partial charge is 0.213 e. The largest absolute Gasteiger partial charge is 0.489 e. The van der Waals surface area contributed by atoms with Gasteiger partial charge in [0.15, 0.2) is 0 Å². The molecule has 2 rings (SSSR count).